The summed E-state index contributed by atoms with van der Waals surface area (Å²) in [4.78, 5) is 4.24. The molecular weight excluding hydrogens is 298 g/mol. The molecule has 1 aliphatic rings. The number of nitrogens with zero attached hydrogens (tertiary/aromatic N) is 1. The molecular formula is C20H25N3O. The lowest BCUT2D eigenvalue weighted by Crippen LogP contribution is -2.38. The van der Waals surface area contributed by atoms with Crippen LogP contribution in [0.1, 0.15) is 29.5 Å². The molecule has 0 radical (unpaired) electrons. The Morgan fingerprint density at radius 1 is 0.958 bits per heavy atom. The van der Waals surface area contributed by atoms with Crippen molar-refractivity contribution in [3.8, 4) is 0 Å². The van der Waals surface area contributed by atoms with Gasteiger partial charge in [-0.1, -0.05) is 54.6 Å². The Labute approximate surface area is 144 Å². The molecule has 4 nitrogen and oxygen atoms in total. The van der Waals surface area contributed by atoms with E-state index in [4.69, 9.17) is 4.74 Å². The summed E-state index contributed by atoms with van der Waals surface area (Å²) in [6, 6.07) is 19.4. The molecule has 0 amide bonds. The van der Waals surface area contributed by atoms with Crippen molar-refractivity contribution in [1.82, 2.24) is 10.6 Å². The fourth-order valence-corrected chi connectivity index (χ4v) is 2.42. The van der Waals surface area contributed by atoms with Crippen molar-refractivity contribution in [2.24, 2.45) is 4.99 Å². The average Bonchev–Trinajstić information content (AvgIpc) is 3.45. The van der Waals surface area contributed by atoms with Gasteiger partial charge in [-0.25, -0.2) is 0 Å². The lowest BCUT2D eigenvalue weighted by molar-refractivity contribution is 0.107. The van der Waals surface area contributed by atoms with E-state index in [9.17, 15) is 0 Å². The topological polar surface area (TPSA) is 45.7 Å². The maximum Gasteiger partial charge on any atom is 0.191 e. The van der Waals surface area contributed by atoms with Crippen molar-refractivity contribution >= 4 is 5.96 Å². The van der Waals surface area contributed by atoms with E-state index in [0.29, 0.717) is 19.3 Å². The predicted octanol–water partition coefficient (Wildman–Crippen LogP) is 3.23. The molecule has 2 aromatic carbocycles. The molecule has 0 heterocycles. The standard InChI is InChI=1S/C20H25N3O/c1-21-20(23-19-11-12-19)22-13-16-7-9-18(10-8-16)15-24-14-17-5-3-2-4-6-17/h2-10,19H,11-15H2,1H3,(H2,21,22,23). The summed E-state index contributed by atoms with van der Waals surface area (Å²) in [6.45, 7) is 2.05. The molecule has 0 aromatic heterocycles. The fraction of sp³-hybridized carbons (Fsp3) is 0.350. The summed E-state index contributed by atoms with van der Waals surface area (Å²) in [5.74, 6) is 0.882. The van der Waals surface area contributed by atoms with Crippen molar-refractivity contribution < 1.29 is 4.74 Å². The van der Waals surface area contributed by atoms with Gasteiger partial charge in [-0.3, -0.25) is 4.99 Å². The summed E-state index contributed by atoms with van der Waals surface area (Å²) in [7, 11) is 1.81. The highest BCUT2D eigenvalue weighted by Gasteiger charge is 2.21. The van der Waals surface area contributed by atoms with Gasteiger partial charge in [0.25, 0.3) is 0 Å². The van der Waals surface area contributed by atoms with Crippen LogP contribution in [0, 0.1) is 0 Å². The lowest BCUT2D eigenvalue weighted by atomic mass is 10.1. The van der Waals surface area contributed by atoms with Crippen molar-refractivity contribution in [2.75, 3.05) is 7.05 Å². The minimum absolute atomic E-state index is 0.611. The molecule has 0 aliphatic heterocycles. The van der Waals surface area contributed by atoms with Crippen LogP contribution in [0.2, 0.25) is 0 Å². The van der Waals surface area contributed by atoms with Crippen molar-refractivity contribution in [3.63, 3.8) is 0 Å². The third-order valence-corrected chi connectivity index (χ3v) is 4.01. The number of aliphatic imine (C=N–C) groups is 1. The number of nitrogens with one attached hydrogen (secondary N) is 2. The molecule has 126 valence electrons. The average molecular weight is 323 g/mol. The zero-order chi connectivity index (χ0) is 16.6. The summed E-state index contributed by atoms with van der Waals surface area (Å²) < 4.78 is 5.77. The van der Waals surface area contributed by atoms with E-state index in [1.54, 1.807) is 0 Å². The van der Waals surface area contributed by atoms with Crippen LogP contribution in [-0.2, 0) is 24.5 Å². The second-order valence-corrected chi connectivity index (χ2v) is 6.14. The van der Waals surface area contributed by atoms with E-state index in [-0.39, 0.29) is 0 Å². The zero-order valence-electron chi connectivity index (χ0n) is 14.2. The van der Waals surface area contributed by atoms with Crippen LogP contribution in [0.25, 0.3) is 0 Å². The van der Waals surface area contributed by atoms with E-state index in [1.165, 1.54) is 29.5 Å². The first kappa shape index (κ1) is 16.5. The van der Waals surface area contributed by atoms with Gasteiger partial charge in [0.05, 0.1) is 13.2 Å². The highest BCUT2D eigenvalue weighted by atomic mass is 16.5. The van der Waals surface area contributed by atoms with Gasteiger partial charge in [0.1, 0.15) is 0 Å². The molecule has 0 atom stereocenters. The highest BCUT2D eigenvalue weighted by Crippen LogP contribution is 2.18. The Bertz CT molecular complexity index is 648. The number of rotatable bonds is 7. The first-order valence-electron chi connectivity index (χ1n) is 8.50. The normalized spacial score (nSPS) is 14.5. The van der Waals surface area contributed by atoms with Gasteiger partial charge in [0, 0.05) is 19.6 Å². The van der Waals surface area contributed by atoms with Crippen molar-refractivity contribution in [3.05, 3.63) is 71.3 Å². The predicted molar refractivity (Wildman–Crippen MR) is 97.7 cm³/mol. The monoisotopic (exact) mass is 323 g/mol. The maximum absolute atomic E-state index is 5.77. The molecule has 4 heteroatoms. The number of ether oxygens (including phenoxy) is 1. The van der Waals surface area contributed by atoms with Crippen LogP contribution in [0.4, 0.5) is 0 Å². The molecule has 24 heavy (non-hydrogen) atoms. The summed E-state index contributed by atoms with van der Waals surface area (Å²) >= 11 is 0. The summed E-state index contributed by atoms with van der Waals surface area (Å²) in [6.07, 6.45) is 2.50. The van der Waals surface area contributed by atoms with Crippen molar-refractivity contribution in [1.29, 1.82) is 0 Å². The highest BCUT2D eigenvalue weighted by molar-refractivity contribution is 5.80. The van der Waals surface area contributed by atoms with Crippen LogP contribution in [0.3, 0.4) is 0 Å². The number of benzene rings is 2. The molecule has 3 rings (SSSR count). The molecule has 0 unspecified atom stereocenters. The summed E-state index contributed by atoms with van der Waals surface area (Å²) in [5.41, 5.74) is 3.63. The minimum Gasteiger partial charge on any atom is -0.372 e. The largest absolute Gasteiger partial charge is 0.372 e. The Morgan fingerprint density at radius 3 is 2.21 bits per heavy atom. The van der Waals surface area contributed by atoms with Gasteiger partial charge in [-0.2, -0.15) is 0 Å². The van der Waals surface area contributed by atoms with Crippen LogP contribution >= 0.6 is 0 Å². The van der Waals surface area contributed by atoms with Gasteiger partial charge in [-0.05, 0) is 29.5 Å². The first-order chi connectivity index (χ1) is 11.8. The molecule has 0 spiro atoms. The fourth-order valence-electron chi connectivity index (χ4n) is 2.42. The van der Waals surface area contributed by atoms with Gasteiger partial charge in [0.15, 0.2) is 5.96 Å². The molecule has 2 aromatic rings. The molecule has 1 fully saturated rings. The van der Waals surface area contributed by atoms with Crippen LogP contribution in [0.5, 0.6) is 0 Å². The van der Waals surface area contributed by atoms with Crippen LogP contribution in [0.15, 0.2) is 59.6 Å². The Morgan fingerprint density at radius 2 is 1.58 bits per heavy atom. The molecule has 0 saturated heterocycles. The third-order valence-electron chi connectivity index (χ3n) is 4.01. The van der Waals surface area contributed by atoms with E-state index in [1.807, 2.05) is 25.2 Å². The van der Waals surface area contributed by atoms with E-state index < -0.39 is 0 Å². The smallest absolute Gasteiger partial charge is 0.191 e. The van der Waals surface area contributed by atoms with E-state index >= 15 is 0 Å². The van der Waals surface area contributed by atoms with Gasteiger partial charge < -0.3 is 15.4 Å². The second-order valence-electron chi connectivity index (χ2n) is 6.14. The quantitative estimate of drug-likeness (QED) is 0.607. The second kappa shape index (κ2) is 8.50. The Balaban J connectivity index is 1.41. The third kappa shape index (κ3) is 5.39. The van der Waals surface area contributed by atoms with Crippen molar-refractivity contribution in [2.45, 2.75) is 38.6 Å². The SMILES string of the molecule is CN=C(NCc1ccc(COCc2ccccc2)cc1)NC1CC1. The van der Waals surface area contributed by atoms with Crippen LogP contribution in [-0.4, -0.2) is 19.0 Å². The van der Waals surface area contributed by atoms with E-state index in [2.05, 4.69) is 52.0 Å². The number of hydrogen-bond acceptors (Lipinski definition) is 2. The Hall–Kier alpha value is -2.33. The van der Waals surface area contributed by atoms with Crippen LogP contribution < -0.4 is 10.6 Å². The van der Waals surface area contributed by atoms with Gasteiger partial charge >= 0.3 is 0 Å². The minimum atomic E-state index is 0.611. The zero-order valence-corrected chi connectivity index (χ0v) is 14.2. The van der Waals surface area contributed by atoms with Gasteiger partial charge in [-0.15, -0.1) is 0 Å². The van der Waals surface area contributed by atoms with Gasteiger partial charge in [0.2, 0.25) is 0 Å². The molecule has 1 saturated carbocycles. The lowest BCUT2D eigenvalue weighted by Gasteiger charge is -2.11. The maximum atomic E-state index is 5.77. The molecule has 1 aliphatic carbocycles. The van der Waals surface area contributed by atoms with E-state index in [0.717, 1.165) is 12.5 Å². The molecule has 0 bridgehead atoms. The number of hydrogen-bond donors (Lipinski definition) is 2. The first-order valence-corrected chi connectivity index (χ1v) is 8.50. The number of guanidine groups is 1. The summed E-state index contributed by atoms with van der Waals surface area (Å²) in [5, 5.41) is 6.73. The Kier molecular flexibility index (Phi) is 5.85. The molecule has 2 N–H and O–H groups in total.